The van der Waals surface area contributed by atoms with E-state index in [2.05, 4.69) is 20.8 Å². The van der Waals surface area contributed by atoms with E-state index in [0.717, 1.165) is 95.3 Å². The summed E-state index contributed by atoms with van der Waals surface area (Å²) < 4.78 is 22.1. The van der Waals surface area contributed by atoms with Crippen LogP contribution >= 0.6 is 0 Å². The van der Waals surface area contributed by atoms with Crippen LogP contribution in [-0.2, 0) is 47.7 Å². The van der Waals surface area contributed by atoms with Crippen molar-refractivity contribution in [2.45, 2.75) is 145 Å². The summed E-state index contributed by atoms with van der Waals surface area (Å²) >= 11 is 0. The fraction of sp³-hybridized carbons (Fsp3) is 0.714. The molecule has 4 unspecified atom stereocenters. The van der Waals surface area contributed by atoms with Gasteiger partial charge in [0.15, 0.2) is 0 Å². The number of carbonyl (C=O) groups excluding carboxylic acids is 4. The Morgan fingerprint density at radius 1 is 0.556 bits per heavy atom. The van der Waals surface area contributed by atoms with Crippen LogP contribution in [0.15, 0.2) is 35.5 Å². The van der Waals surface area contributed by atoms with Gasteiger partial charge in [-0.15, -0.1) is 0 Å². The van der Waals surface area contributed by atoms with Gasteiger partial charge in [-0.2, -0.15) is 0 Å². The number of carbonyl (C=O) groups is 6. The summed E-state index contributed by atoms with van der Waals surface area (Å²) in [4.78, 5) is 75.9. The highest BCUT2D eigenvalue weighted by molar-refractivity contribution is 5.97. The largest absolute Gasteiger partial charge is 0.478 e. The van der Waals surface area contributed by atoms with E-state index in [-0.39, 0.29) is 56.0 Å². The van der Waals surface area contributed by atoms with Crippen molar-refractivity contribution in [3.05, 3.63) is 35.5 Å². The summed E-state index contributed by atoms with van der Waals surface area (Å²) in [5.74, 6) is -5.84. The lowest BCUT2D eigenvalue weighted by Gasteiger charge is -2.33. The van der Waals surface area contributed by atoms with Crippen LogP contribution in [0, 0.1) is 23.2 Å². The maximum Gasteiger partial charge on any atom is 0.334 e. The Morgan fingerprint density at radius 3 is 1.39 bits per heavy atom. The van der Waals surface area contributed by atoms with E-state index in [1.807, 2.05) is 20.8 Å². The molecule has 0 rings (SSSR count). The van der Waals surface area contributed by atoms with Crippen molar-refractivity contribution in [2.24, 2.45) is 23.2 Å². The van der Waals surface area contributed by atoms with Gasteiger partial charge >= 0.3 is 35.8 Å². The first-order valence-electron chi connectivity index (χ1n) is 20.0. The minimum atomic E-state index is -1.51. The molecule has 0 heterocycles. The van der Waals surface area contributed by atoms with Crippen LogP contribution in [0.2, 0.25) is 0 Å². The minimum absolute atomic E-state index is 0.0858. The third-order valence-electron chi connectivity index (χ3n) is 9.89. The van der Waals surface area contributed by atoms with Gasteiger partial charge < -0.3 is 29.2 Å². The molecule has 2 N–H and O–H groups in total. The molecule has 0 spiro atoms. The Balaban J connectivity index is 6.56. The van der Waals surface area contributed by atoms with E-state index in [1.54, 1.807) is 6.92 Å². The second kappa shape index (κ2) is 29.4. The van der Waals surface area contributed by atoms with Crippen LogP contribution in [0.5, 0.6) is 0 Å². The SMILES string of the molecule is CCCCC(CC)COC(=O)/C=C/C(=O)OCC(CC)(C/C(=C\C(=O)O)C(=O)O)C/C(=C\C(=O)OCC(CC)CCCC)C(=O)OCC(CC)CCCC. The predicted molar refractivity (Wildman–Crippen MR) is 206 cm³/mol. The lowest BCUT2D eigenvalue weighted by Crippen LogP contribution is -2.32. The number of hydrogen-bond acceptors (Lipinski definition) is 10. The van der Waals surface area contributed by atoms with Gasteiger partial charge in [-0.3, -0.25) is 0 Å². The number of aliphatic carboxylic acids is 2. The molecule has 0 aliphatic heterocycles. The van der Waals surface area contributed by atoms with Gasteiger partial charge in [-0.25, -0.2) is 28.8 Å². The monoisotopic (exact) mass is 764 g/mol. The van der Waals surface area contributed by atoms with Crippen LogP contribution in [-0.4, -0.2) is 72.5 Å². The maximum absolute atomic E-state index is 13.7. The van der Waals surface area contributed by atoms with Gasteiger partial charge in [0.05, 0.1) is 26.4 Å². The third kappa shape index (κ3) is 22.3. The van der Waals surface area contributed by atoms with Crippen LogP contribution in [0.25, 0.3) is 0 Å². The predicted octanol–water partition coefficient (Wildman–Crippen LogP) is 8.56. The van der Waals surface area contributed by atoms with Crippen molar-refractivity contribution in [1.29, 1.82) is 0 Å². The molecule has 0 amide bonds. The average Bonchev–Trinajstić information content (AvgIpc) is 3.15. The van der Waals surface area contributed by atoms with Gasteiger partial charge in [0.2, 0.25) is 0 Å². The molecule has 308 valence electrons. The van der Waals surface area contributed by atoms with Crippen molar-refractivity contribution in [2.75, 3.05) is 26.4 Å². The van der Waals surface area contributed by atoms with Crippen LogP contribution in [0.4, 0.5) is 0 Å². The number of esters is 4. The van der Waals surface area contributed by atoms with Gasteiger partial charge in [-0.05, 0) is 56.3 Å². The zero-order valence-corrected chi connectivity index (χ0v) is 34.0. The zero-order valence-electron chi connectivity index (χ0n) is 34.0. The molecule has 0 bridgehead atoms. The molecule has 4 atom stereocenters. The van der Waals surface area contributed by atoms with Crippen molar-refractivity contribution in [1.82, 2.24) is 0 Å². The first kappa shape index (κ1) is 50.0. The Bertz CT molecular complexity index is 1250. The van der Waals surface area contributed by atoms with Gasteiger partial charge in [0.1, 0.15) is 0 Å². The van der Waals surface area contributed by atoms with E-state index in [4.69, 9.17) is 18.9 Å². The summed E-state index contributed by atoms with van der Waals surface area (Å²) in [5, 5.41) is 19.3. The molecule has 12 heteroatoms. The molecule has 0 radical (unpaired) electrons. The molecule has 0 aliphatic rings. The molecule has 54 heavy (non-hydrogen) atoms. The topological polar surface area (TPSA) is 180 Å². The number of unbranched alkanes of at least 4 members (excludes halogenated alkanes) is 3. The van der Waals surface area contributed by atoms with E-state index in [1.165, 1.54) is 0 Å². The Hall–Kier alpha value is -3.96. The molecular weight excluding hydrogens is 696 g/mol. The highest BCUT2D eigenvalue weighted by atomic mass is 16.5. The Kier molecular flexibility index (Phi) is 27.2. The van der Waals surface area contributed by atoms with Crippen LogP contribution < -0.4 is 0 Å². The molecule has 0 aliphatic carbocycles. The molecule has 0 saturated heterocycles. The molecule has 0 saturated carbocycles. The second-order valence-corrected chi connectivity index (χ2v) is 14.2. The lowest BCUT2D eigenvalue weighted by molar-refractivity contribution is -0.145. The number of ether oxygens (including phenoxy) is 4. The molecule has 0 aromatic heterocycles. The lowest BCUT2D eigenvalue weighted by atomic mass is 9.74. The van der Waals surface area contributed by atoms with Gasteiger partial charge in [0.25, 0.3) is 0 Å². The Morgan fingerprint density at radius 2 is 0.981 bits per heavy atom. The third-order valence-corrected chi connectivity index (χ3v) is 9.89. The molecule has 0 fully saturated rings. The first-order valence-corrected chi connectivity index (χ1v) is 20.0. The van der Waals surface area contributed by atoms with Crippen LogP contribution in [0.3, 0.4) is 0 Å². The summed E-state index contributed by atoms with van der Waals surface area (Å²) in [5.41, 5.74) is -2.02. The summed E-state index contributed by atoms with van der Waals surface area (Å²) in [6.07, 6.45) is 13.7. The fourth-order valence-corrected chi connectivity index (χ4v) is 5.87. The zero-order chi connectivity index (χ0) is 40.9. The highest BCUT2D eigenvalue weighted by Gasteiger charge is 2.37. The minimum Gasteiger partial charge on any atom is -0.478 e. The quantitative estimate of drug-likeness (QED) is 0.0391. The number of hydrogen-bond donors (Lipinski definition) is 2. The first-order chi connectivity index (χ1) is 25.7. The van der Waals surface area contributed by atoms with Crippen molar-refractivity contribution in [3.8, 4) is 0 Å². The van der Waals surface area contributed by atoms with E-state index >= 15 is 0 Å². The van der Waals surface area contributed by atoms with Crippen LogP contribution in [0.1, 0.15) is 145 Å². The summed E-state index contributed by atoms with van der Waals surface area (Å²) in [6, 6.07) is 0. The van der Waals surface area contributed by atoms with Gasteiger partial charge in [-0.1, -0.05) is 106 Å². The number of carboxylic acid groups (broad SMARTS) is 2. The normalized spacial score (nSPS) is 14.8. The standard InChI is InChI=1S/C42H68O12/c1-8-15-18-31(11-4)27-51-37(45)21-22-38(46)54-30-42(14-7,25-34(40(48)49)23-36(43)44)26-35(41(50)53-29-33(13-6)20-17-10-3)24-39(47)52-28-32(12-5)19-16-9-2/h21-24,31-33H,8-20,25-30H2,1-7H3,(H,43,44)(H,48,49)/b22-21+,34-23+,35-24+. The van der Waals surface area contributed by atoms with Crippen molar-refractivity contribution >= 4 is 35.8 Å². The fourth-order valence-electron chi connectivity index (χ4n) is 5.87. The van der Waals surface area contributed by atoms with Gasteiger partial charge in [0, 0.05) is 40.9 Å². The smallest absolute Gasteiger partial charge is 0.334 e. The van der Waals surface area contributed by atoms with E-state index in [9.17, 15) is 39.0 Å². The van der Waals surface area contributed by atoms with E-state index < -0.39 is 59.8 Å². The molecule has 12 nitrogen and oxygen atoms in total. The van der Waals surface area contributed by atoms with Crippen molar-refractivity contribution < 1.29 is 57.9 Å². The average molecular weight is 765 g/mol. The summed E-state index contributed by atoms with van der Waals surface area (Å²) in [7, 11) is 0. The summed E-state index contributed by atoms with van der Waals surface area (Å²) in [6.45, 7) is 13.9. The highest BCUT2D eigenvalue weighted by Crippen LogP contribution is 2.38. The number of rotatable bonds is 31. The molecule has 0 aromatic carbocycles. The van der Waals surface area contributed by atoms with E-state index in [0.29, 0.717) is 6.08 Å². The Labute approximate surface area is 323 Å². The molecule has 0 aromatic rings. The number of carboxylic acids is 2. The van der Waals surface area contributed by atoms with Crippen molar-refractivity contribution in [3.63, 3.8) is 0 Å². The second-order valence-electron chi connectivity index (χ2n) is 14.2. The maximum atomic E-state index is 13.7. The molecular formula is C42H68O12.